The number of aromatic nitrogens is 1. The van der Waals surface area contributed by atoms with Crippen molar-refractivity contribution in [3.05, 3.63) is 23.5 Å². The molecule has 0 radical (unpaired) electrons. The Bertz CT molecular complexity index is 370. The molecule has 0 unspecified atom stereocenters. The van der Waals surface area contributed by atoms with Gasteiger partial charge in [-0.2, -0.15) is 0 Å². The second-order valence-corrected chi connectivity index (χ2v) is 5.90. The van der Waals surface area contributed by atoms with Gasteiger partial charge in [0, 0.05) is 253 Å². The molecule has 162 valence electrons. The summed E-state index contributed by atoms with van der Waals surface area (Å²) in [5, 5.41) is 0. The van der Waals surface area contributed by atoms with Crippen LogP contribution in [0.15, 0.2) is 6.20 Å². The van der Waals surface area contributed by atoms with E-state index < -0.39 is 0 Å². The minimum atomic E-state index is 0. The molecule has 0 spiro atoms. The van der Waals surface area contributed by atoms with E-state index in [-0.39, 0.29) is 253 Å². The maximum atomic E-state index is 3.46. The molecule has 0 N–H and O–H groups in total. The summed E-state index contributed by atoms with van der Waals surface area (Å²) in [6.45, 7) is 11.1. The summed E-state index contributed by atoms with van der Waals surface area (Å²) in [5.74, 6) is 0.642. The van der Waals surface area contributed by atoms with Crippen LogP contribution in [-0.4, -0.2) is 8.47 Å². The topological polar surface area (TPSA) is 4.93 Å². The molecule has 1 rings (SSSR count). The quantitative estimate of drug-likeness (QED) is 0.412. The van der Waals surface area contributed by atoms with Crippen LogP contribution in [0.2, 0.25) is 0 Å². The first-order chi connectivity index (χ1) is 7.43. The predicted octanol–water partition coefficient (Wildman–Crippen LogP) is 2.87. The van der Waals surface area contributed by atoms with Gasteiger partial charge in [-0.25, -0.2) is 0 Å². The van der Waals surface area contributed by atoms with Crippen molar-refractivity contribution < 1.29 is 305 Å². The van der Waals surface area contributed by atoms with Crippen molar-refractivity contribution in [3.8, 4) is 0 Å². The van der Waals surface area contributed by atoms with Crippen LogP contribution in [0.3, 0.4) is 0 Å². The van der Waals surface area contributed by atoms with E-state index in [2.05, 4.69) is 51.6 Å². The molecule has 0 aliphatic rings. The van der Waals surface area contributed by atoms with Crippen LogP contribution in [0.5, 0.6) is 0 Å². The van der Waals surface area contributed by atoms with Gasteiger partial charge in [0.25, 0.3) is 0 Å². The van der Waals surface area contributed by atoms with Crippen molar-refractivity contribution in [2.45, 2.75) is 40.7 Å². The Morgan fingerprint density at radius 3 is 1.21 bits per heavy atom. The molecule has 0 aromatic carbocycles. The van der Waals surface area contributed by atoms with Crippen molar-refractivity contribution in [1.29, 1.82) is 0 Å². The Kier molecular flexibility index (Phi) is 157. The molecule has 0 atom stereocenters. The Morgan fingerprint density at radius 1 is 0.750 bits per heavy atom. The fraction of sp³-hybridized carbons (Fsp3) is 0.583. The Labute approximate surface area is 374 Å². The van der Waals surface area contributed by atoms with Crippen molar-refractivity contribution in [3.63, 3.8) is 0 Å². The first kappa shape index (κ1) is 83.2. The summed E-state index contributed by atoms with van der Waals surface area (Å²) < 4.78 is 3.69. The van der Waals surface area contributed by atoms with E-state index >= 15 is 0 Å². The number of aryl methyl sites for hydroxylation is 1. The first-order valence-corrected chi connectivity index (χ1v) is 17.7. The van der Waals surface area contributed by atoms with Gasteiger partial charge in [-0.15, -0.1) is 0 Å². The van der Waals surface area contributed by atoms with Gasteiger partial charge < -0.3 is 0 Å². The van der Waals surface area contributed by atoms with Crippen molar-refractivity contribution >= 4 is 3.90 Å². The number of nitrogens with zero attached hydrogens (tertiary/aromatic N) is 1. The molecular formula is C12H18NW15-. The summed E-state index contributed by atoms with van der Waals surface area (Å²) in [6.07, 6.45) is 5.66. The molecule has 0 saturated carbocycles. The molecule has 16 heteroatoms. The SMILES string of the molecule is Cc1cn(C(C)C)[c-]c1[C](=[W])C(C)C.[W].[W].[W].[W].[W].[W].[W].[W].[W].[W].[W].[W].[W]=[W]. The van der Waals surface area contributed by atoms with Gasteiger partial charge in [0.15, 0.2) is 0 Å². The van der Waals surface area contributed by atoms with Gasteiger partial charge in [0.05, 0.1) is 0 Å². The average Bonchev–Trinajstić information content (AvgIpc) is 2.62. The van der Waals surface area contributed by atoms with Crippen molar-refractivity contribution in [1.82, 2.24) is 4.57 Å². The molecule has 1 aromatic rings. The van der Waals surface area contributed by atoms with Crippen LogP contribution in [0.25, 0.3) is 0 Å². The van der Waals surface area contributed by atoms with E-state index in [1.54, 1.807) is 51.8 Å². The molecule has 0 saturated heterocycles. The van der Waals surface area contributed by atoms with E-state index in [9.17, 15) is 0 Å². The number of hydrogen-bond acceptors (Lipinski definition) is 0. The van der Waals surface area contributed by atoms with E-state index in [0.29, 0.717) is 12.0 Å². The van der Waals surface area contributed by atoms with E-state index in [4.69, 9.17) is 0 Å². The van der Waals surface area contributed by atoms with Crippen molar-refractivity contribution in [2.24, 2.45) is 5.92 Å². The molecule has 1 heterocycles. The maximum absolute atomic E-state index is 3.46. The Balaban J connectivity index is -0.0000000142. The van der Waals surface area contributed by atoms with Crippen LogP contribution in [-0.2, 0) is 305 Å². The fourth-order valence-electron chi connectivity index (χ4n) is 1.34. The Morgan fingerprint density at radius 2 is 1.04 bits per heavy atom. The zero-order valence-corrected chi connectivity index (χ0v) is 59.3. The molecule has 0 amide bonds. The minimum absolute atomic E-state index is 0. The van der Waals surface area contributed by atoms with Gasteiger partial charge in [-0.05, 0) is 0 Å². The summed E-state index contributed by atoms with van der Waals surface area (Å²) in [7, 11) is 0. The van der Waals surface area contributed by atoms with Crippen LogP contribution in [0, 0.1) is 19.0 Å². The first-order valence-electron chi connectivity index (χ1n) is 5.25. The van der Waals surface area contributed by atoms with Crippen LogP contribution in [0.4, 0.5) is 0 Å². The molecule has 0 aliphatic heterocycles. The van der Waals surface area contributed by atoms with Gasteiger partial charge in [0.2, 0.25) is 0 Å². The van der Waals surface area contributed by atoms with Crippen LogP contribution in [0.1, 0.15) is 44.9 Å². The Hall–Kier alpha value is 9.47. The summed E-state index contributed by atoms with van der Waals surface area (Å²) in [6, 6.07) is 0.511. The molecule has 0 aliphatic carbocycles. The number of hydrogen-bond donors (Lipinski definition) is 0. The predicted molar refractivity (Wildman–Crippen MR) is 57.3 cm³/mol. The molecule has 1 aromatic heterocycles. The normalized spacial score (nSPS) is 5.82. The van der Waals surface area contributed by atoms with Gasteiger partial charge >= 0.3 is 130 Å². The zero-order valence-electron chi connectivity index (χ0n) is 15.3. The third-order valence-corrected chi connectivity index (χ3v) is 4.72. The number of rotatable bonds is 3. The monoisotopic (exact) mass is 2940 g/mol. The average molecular weight is 2930 g/mol. The fourth-order valence-corrected chi connectivity index (χ4v) is 2.08. The molecule has 0 fully saturated rings. The van der Waals surface area contributed by atoms with E-state index in [0.717, 1.165) is 0 Å². The second-order valence-electron chi connectivity index (χ2n) is 4.32. The van der Waals surface area contributed by atoms with E-state index in [1.807, 2.05) is 0 Å². The molecule has 1 nitrogen and oxygen atoms in total. The van der Waals surface area contributed by atoms with Gasteiger partial charge in [-0.3, -0.25) is 0 Å². The van der Waals surface area contributed by atoms with E-state index in [1.165, 1.54) is 15.0 Å². The van der Waals surface area contributed by atoms with Crippen LogP contribution < -0.4 is 0 Å². The van der Waals surface area contributed by atoms with Crippen molar-refractivity contribution in [2.75, 3.05) is 0 Å². The summed E-state index contributed by atoms with van der Waals surface area (Å²) in [5.41, 5.74) is 2.70. The molecular weight excluding hydrogens is 2920 g/mol. The van der Waals surface area contributed by atoms with Gasteiger partial charge in [-0.1, -0.05) is 0 Å². The molecule has 28 heavy (non-hydrogen) atoms. The second kappa shape index (κ2) is 52.8. The summed E-state index contributed by atoms with van der Waals surface area (Å²) >= 11 is 4.90. The van der Waals surface area contributed by atoms with Crippen LogP contribution >= 0.6 is 0 Å². The molecule has 0 bridgehead atoms. The van der Waals surface area contributed by atoms with Gasteiger partial charge in [0.1, 0.15) is 0 Å². The standard InChI is InChI=1S/C12H18N.15W/c1-9(2)6-12-8-13(10(3)4)7-11(12)5;;;;;;;;;;;;;;;/h7,9-10H,1-5H3;;;;;;;;;;;;;;;/q-1;;;;;;;;;;;;;;;. The third kappa shape index (κ3) is 37.6. The zero-order chi connectivity index (χ0) is 12.9. The third-order valence-electron chi connectivity index (χ3n) is 2.30. The summed E-state index contributed by atoms with van der Waals surface area (Å²) in [4.78, 5) is 0.